The molecule has 5 heteroatoms. The van der Waals surface area contributed by atoms with E-state index in [9.17, 15) is 0 Å². The number of hydrogen-bond acceptors (Lipinski definition) is 3. The Bertz CT molecular complexity index is 174. The summed E-state index contributed by atoms with van der Waals surface area (Å²) < 4.78 is 0. The van der Waals surface area contributed by atoms with Gasteiger partial charge in [0.15, 0.2) is 5.11 Å². The van der Waals surface area contributed by atoms with Crippen LogP contribution in [-0.4, -0.2) is 36.2 Å². The molecule has 76 valence electrons. The number of hydrazine groups is 1. The van der Waals surface area contributed by atoms with E-state index in [4.69, 9.17) is 18.1 Å². The molecule has 0 aromatic rings. The van der Waals surface area contributed by atoms with Crippen LogP contribution in [0.25, 0.3) is 0 Å². The van der Waals surface area contributed by atoms with Crippen LogP contribution in [0.3, 0.4) is 0 Å². The third-order valence-electron chi connectivity index (χ3n) is 2.50. The van der Waals surface area contributed by atoms with Crippen molar-refractivity contribution in [3.05, 3.63) is 0 Å². The Morgan fingerprint density at radius 2 is 2.46 bits per heavy atom. The number of nitrogens with one attached hydrogen (secondary N) is 2. The van der Waals surface area contributed by atoms with Crippen molar-refractivity contribution in [2.75, 3.05) is 26.2 Å². The standard InChI is InChI=1S/C8H18N4S/c1-2-12-4-3-7(6-12)5-10-8(13)11-9/h7H,2-6,9H2,1H3,(H2,10,11,13). The van der Waals surface area contributed by atoms with Crippen LogP contribution in [0.15, 0.2) is 0 Å². The molecule has 1 fully saturated rings. The van der Waals surface area contributed by atoms with E-state index >= 15 is 0 Å². The lowest BCUT2D eigenvalue weighted by Crippen LogP contribution is -2.42. The minimum atomic E-state index is 0.537. The topological polar surface area (TPSA) is 53.3 Å². The number of hydrogen-bond donors (Lipinski definition) is 3. The highest BCUT2D eigenvalue weighted by Crippen LogP contribution is 2.14. The van der Waals surface area contributed by atoms with Gasteiger partial charge in [0.25, 0.3) is 0 Å². The molecule has 1 rings (SSSR count). The van der Waals surface area contributed by atoms with Gasteiger partial charge in [-0.05, 0) is 37.6 Å². The Morgan fingerprint density at radius 1 is 1.69 bits per heavy atom. The zero-order valence-electron chi connectivity index (χ0n) is 8.05. The van der Waals surface area contributed by atoms with Gasteiger partial charge in [-0.25, -0.2) is 5.84 Å². The first-order valence-electron chi connectivity index (χ1n) is 4.73. The lowest BCUT2D eigenvalue weighted by atomic mass is 10.1. The SMILES string of the molecule is CCN1CCC(CNC(=S)NN)C1. The first kappa shape index (κ1) is 10.7. The Hall–Kier alpha value is -0.390. The molecule has 4 N–H and O–H groups in total. The van der Waals surface area contributed by atoms with E-state index in [2.05, 4.69) is 22.6 Å². The zero-order valence-corrected chi connectivity index (χ0v) is 8.86. The van der Waals surface area contributed by atoms with Gasteiger partial charge in [0.1, 0.15) is 0 Å². The zero-order chi connectivity index (χ0) is 9.68. The summed E-state index contributed by atoms with van der Waals surface area (Å²) >= 11 is 4.89. The predicted octanol–water partition coefficient (Wildman–Crippen LogP) is -0.334. The fourth-order valence-corrected chi connectivity index (χ4v) is 1.74. The highest BCUT2D eigenvalue weighted by atomic mass is 32.1. The molecule has 0 amide bonds. The summed E-state index contributed by atoms with van der Waals surface area (Å²) in [6.45, 7) is 6.67. The molecule has 0 bridgehead atoms. The first-order chi connectivity index (χ1) is 6.26. The molecule has 0 spiro atoms. The van der Waals surface area contributed by atoms with Gasteiger partial charge in [0.05, 0.1) is 0 Å². The van der Waals surface area contributed by atoms with Crippen LogP contribution >= 0.6 is 12.2 Å². The van der Waals surface area contributed by atoms with E-state index in [1.807, 2.05) is 0 Å². The van der Waals surface area contributed by atoms with Gasteiger partial charge in [0.2, 0.25) is 0 Å². The van der Waals surface area contributed by atoms with E-state index in [-0.39, 0.29) is 0 Å². The van der Waals surface area contributed by atoms with Crippen molar-refractivity contribution in [3.63, 3.8) is 0 Å². The Kier molecular flexibility index (Phi) is 4.41. The molecule has 1 atom stereocenters. The summed E-state index contributed by atoms with van der Waals surface area (Å²) in [5.74, 6) is 5.86. The van der Waals surface area contributed by atoms with Crippen LogP contribution in [0.2, 0.25) is 0 Å². The molecule has 0 saturated carbocycles. The molecule has 4 nitrogen and oxygen atoms in total. The molecule has 0 aromatic carbocycles. The monoisotopic (exact) mass is 202 g/mol. The van der Waals surface area contributed by atoms with Crippen molar-refractivity contribution in [3.8, 4) is 0 Å². The minimum Gasteiger partial charge on any atom is -0.361 e. The molecule has 0 aliphatic carbocycles. The van der Waals surface area contributed by atoms with Crippen molar-refractivity contribution < 1.29 is 0 Å². The molecule has 1 saturated heterocycles. The Balaban J connectivity index is 2.13. The number of thiocarbonyl (C=S) groups is 1. The second kappa shape index (κ2) is 5.36. The smallest absolute Gasteiger partial charge is 0.180 e. The maximum absolute atomic E-state index is 5.15. The van der Waals surface area contributed by atoms with Gasteiger partial charge in [0, 0.05) is 13.1 Å². The first-order valence-corrected chi connectivity index (χ1v) is 5.14. The van der Waals surface area contributed by atoms with Crippen LogP contribution in [0.1, 0.15) is 13.3 Å². The van der Waals surface area contributed by atoms with E-state index in [0.29, 0.717) is 11.0 Å². The fraction of sp³-hybridized carbons (Fsp3) is 0.875. The Morgan fingerprint density at radius 3 is 3.00 bits per heavy atom. The lowest BCUT2D eigenvalue weighted by molar-refractivity contribution is 0.342. The summed E-state index contributed by atoms with van der Waals surface area (Å²) in [7, 11) is 0. The van der Waals surface area contributed by atoms with Crippen molar-refractivity contribution in [1.29, 1.82) is 0 Å². The molecule has 1 unspecified atom stereocenters. The van der Waals surface area contributed by atoms with Crippen LogP contribution in [0, 0.1) is 5.92 Å². The summed E-state index contributed by atoms with van der Waals surface area (Å²) in [6, 6.07) is 0. The number of nitrogens with two attached hydrogens (primary N) is 1. The van der Waals surface area contributed by atoms with Gasteiger partial charge >= 0.3 is 0 Å². The summed E-state index contributed by atoms with van der Waals surface area (Å²) in [5, 5.41) is 3.62. The van der Waals surface area contributed by atoms with Crippen LogP contribution in [0.5, 0.6) is 0 Å². The number of nitrogens with zero attached hydrogens (tertiary/aromatic N) is 1. The van der Waals surface area contributed by atoms with Gasteiger partial charge in [-0.3, -0.25) is 0 Å². The Labute approximate surface area is 84.8 Å². The summed E-state index contributed by atoms with van der Waals surface area (Å²) in [4.78, 5) is 2.45. The van der Waals surface area contributed by atoms with Crippen LogP contribution in [-0.2, 0) is 0 Å². The third kappa shape index (κ3) is 3.46. The molecule has 0 radical (unpaired) electrons. The molecule has 0 aromatic heterocycles. The second-order valence-electron chi connectivity index (χ2n) is 3.40. The van der Waals surface area contributed by atoms with E-state index in [1.54, 1.807) is 0 Å². The largest absolute Gasteiger partial charge is 0.361 e. The highest BCUT2D eigenvalue weighted by molar-refractivity contribution is 7.80. The maximum Gasteiger partial charge on any atom is 0.180 e. The van der Waals surface area contributed by atoms with E-state index in [0.717, 1.165) is 13.1 Å². The van der Waals surface area contributed by atoms with Gasteiger partial charge in [-0.1, -0.05) is 6.92 Å². The average Bonchev–Trinajstić information content (AvgIpc) is 2.61. The number of rotatable bonds is 3. The lowest BCUT2D eigenvalue weighted by Gasteiger charge is -2.14. The van der Waals surface area contributed by atoms with Crippen molar-refractivity contribution in [2.45, 2.75) is 13.3 Å². The van der Waals surface area contributed by atoms with Crippen LogP contribution in [0.4, 0.5) is 0 Å². The second-order valence-corrected chi connectivity index (χ2v) is 3.81. The van der Waals surface area contributed by atoms with Crippen molar-refractivity contribution >= 4 is 17.3 Å². The number of likely N-dealkylation sites (tertiary alicyclic amines) is 1. The average molecular weight is 202 g/mol. The van der Waals surface area contributed by atoms with E-state index < -0.39 is 0 Å². The highest BCUT2D eigenvalue weighted by Gasteiger charge is 2.20. The minimum absolute atomic E-state index is 0.537. The van der Waals surface area contributed by atoms with Gasteiger partial charge in [-0.2, -0.15) is 0 Å². The summed E-state index contributed by atoms with van der Waals surface area (Å²) in [5.41, 5.74) is 2.42. The quantitative estimate of drug-likeness (QED) is 0.332. The van der Waals surface area contributed by atoms with Crippen molar-refractivity contribution in [1.82, 2.24) is 15.6 Å². The third-order valence-corrected chi connectivity index (χ3v) is 2.76. The van der Waals surface area contributed by atoms with E-state index in [1.165, 1.54) is 19.5 Å². The van der Waals surface area contributed by atoms with Gasteiger partial charge < -0.3 is 15.6 Å². The molecule has 1 heterocycles. The molecule has 1 aliphatic heterocycles. The molecular formula is C8H18N4S. The fourth-order valence-electron chi connectivity index (χ4n) is 1.65. The van der Waals surface area contributed by atoms with Crippen LogP contribution < -0.4 is 16.6 Å². The maximum atomic E-state index is 5.15. The molecule has 13 heavy (non-hydrogen) atoms. The predicted molar refractivity (Wildman–Crippen MR) is 58.1 cm³/mol. The van der Waals surface area contributed by atoms with Gasteiger partial charge in [-0.15, -0.1) is 0 Å². The molecule has 1 aliphatic rings. The summed E-state index contributed by atoms with van der Waals surface area (Å²) in [6.07, 6.45) is 1.26. The normalized spacial score (nSPS) is 23.1. The molecular weight excluding hydrogens is 184 g/mol. The van der Waals surface area contributed by atoms with Crippen molar-refractivity contribution in [2.24, 2.45) is 11.8 Å².